The highest BCUT2D eigenvalue weighted by atomic mass is 32.1. The highest BCUT2D eigenvalue weighted by Gasteiger charge is 2.13. The van der Waals surface area contributed by atoms with Crippen LogP contribution in [0.4, 0.5) is 0 Å². The SMILES string of the molecule is CCCCCCC(C)Oc1ccsc1OC(C)CCCCCC. The van der Waals surface area contributed by atoms with E-state index in [9.17, 15) is 0 Å². The van der Waals surface area contributed by atoms with Crippen molar-refractivity contribution in [2.24, 2.45) is 0 Å². The maximum Gasteiger partial charge on any atom is 0.217 e. The first-order valence-electron chi connectivity index (χ1n) is 9.58. The topological polar surface area (TPSA) is 18.5 Å². The van der Waals surface area contributed by atoms with Crippen molar-refractivity contribution in [1.82, 2.24) is 0 Å². The van der Waals surface area contributed by atoms with Gasteiger partial charge >= 0.3 is 0 Å². The third kappa shape index (κ3) is 9.24. The molecule has 2 unspecified atom stereocenters. The van der Waals surface area contributed by atoms with E-state index in [0.717, 1.165) is 23.7 Å². The first-order chi connectivity index (χ1) is 11.2. The van der Waals surface area contributed by atoms with Gasteiger partial charge in [-0.15, -0.1) is 11.3 Å². The molecule has 1 aromatic heterocycles. The van der Waals surface area contributed by atoms with Gasteiger partial charge in [0, 0.05) is 0 Å². The molecule has 0 bridgehead atoms. The molecule has 0 saturated carbocycles. The lowest BCUT2D eigenvalue weighted by atomic mass is 10.1. The molecule has 1 rings (SSSR count). The Bertz CT molecular complexity index is 354. The van der Waals surface area contributed by atoms with Crippen LogP contribution in [0.2, 0.25) is 0 Å². The summed E-state index contributed by atoms with van der Waals surface area (Å²) >= 11 is 1.65. The van der Waals surface area contributed by atoms with Gasteiger partial charge in [-0.2, -0.15) is 0 Å². The van der Waals surface area contributed by atoms with Crippen molar-refractivity contribution in [3.63, 3.8) is 0 Å². The average molecular weight is 341 g/mol. The van der Waals surface area contributed by atoms with E-state index in [4.69, 9.17) is 9.47 Å². The second-order valence-electron chi connectivity index (χ2n) is 6.63. The van der Waals surface area contributed by atoms with Crippen molar-refractivity contribution in [3.8, 4) is 10.8 Å². The third-order valence-corrected chi connectivity index (χ3v) is 4.94. The molecule has 23 heavy (non-hydrogen) atoms. The van der Waals surface area contributed by atoms with Gasteiger partial charge in [-0.1, -0.05) is 52.4 Å². The smallest absolute Gasteiger partial charge is 0.217 e. The van der Waals surface area contributed by atoms with Gasteiger partial charge in [-0.05, 0) is 51.0 Å². The molecule has 0 aliphatic heterocycles. The standard InChI is InChI=1S/C20H36O2S/c1-5-7-9-11-13-17(3)21-19-15-16-23-20(19)22-18(4)14-12-10-8-6-2/h15-18H,5-14H2,1-4H3. The monoisotopic (exact) mass is 340 g/mol. The molecule has 0 amide bonds. The molecule has 0 saturated heterocycles. The Hall–Kier alpha value is -0.700. The Morgan fingerprint density at radius 3 is 1.96 bits per heavy atom. The number of thiophene rings is 1. The fourth-order valence-electron chi connectivity index (χ4n) is 2.69. The molecule has 134 valence electrons. The number of hydrogen-bond acceptors (Lipinski definition) is 3. The van der Waals surface area contributed by atoms with E-state index in [0.29, 0.717) is 0 Å². The zero-order valence-corrected chi connectivity index (χ0v) is 16.4. The van der Waals surface area contributed by atoms with Gasteiger partial charge in [0.2, 0.25) is 5.06 Å². The molecule has 1 aromatic rings. The van der Waals surface area contributed by atoms with E-state index in [-0.39, 0.29) is 12.2 Å². The average Bonchev–Trinajstić information content (AvgIpc) is 2.95. The minimum absolute atomic E-state index is 0.267. The third-order valence-electron chi connectivity index (χ3n) is 4.16. The fraction of sp³-hybridized carbons (Fsp3) is 0.800. The maximum absolute atomic E-state index is 6.10. The molecule has 0 radical (unpaired) electrons. The van der Waals surface area contributed by atoms with Crippen molar-refractivity contribution in [2.75, 3.05) is 0 Å². The van der Waals surface area contributed by atoms with E-state index < -0.39 is 0 Å². The largest absolute Gasteiger partial charge is 0.486 e. The summed E-state index contributed by atoms with van der Waals surface area (Å²) in [6.45, 7) is 8.84. The van der Waals surface area contributed by atoms with E-state index in [1.54, 1.807) is 11.3 Å². The van der Waals surface area contributed by atoms with E-state index in [2.05, 4.69) is 33.1 Å². The molecule has 0 fully saturated rings. The van der Waals surface area contributed by atoms with Crippen molar-refractivity contribution < 1.29 is 9.47 Å². The Balaban J connectivity index is 2.31. The number of unbranched alkanes of at least 4 members (excludes halogenated alkanes) is 6. The van der Waals surface area contributed by atoms with E-state index >= 15 is 0 Å². The van der Waals surface area contributed by atoms with Gasteiger partial charge in [-0.25, -0.2) is 0 Å². The van der Waals surface area contributed by atoms with Crippen molar-refractivity contribution >= 4 is 11.3 Å². The van der Waals surface area contributed by atoms with Crippen LogP contribution >= 0.6 is 11.3 Å². The molecule has 0 spiro atoms. The Kier molecular flexibility index (Phi) is 11.2. The van der Waals surface area contributed by atoms with Crippen molar-refractivity contribution in [2.45, 2.75) is 104 Å². The first-order valence-corrected chi connectivity index (χ1v) is 10.5. The summed E-state index contributed by atoms with van der Waals surface area (Å²) in [4.78, 5) is 0. The first kappa shape index (κ1) is 20.3. The summed E-state index contributed by atoms with van der Waals surface area (Å²) < 4.78 is 12.2. The van der Waals surface area contributed by atoms with E-state index in [1.165, 1.54) is 51.4 Å². The highest BCUT2D eigenvalue weighted by molar-refractivity contribution is 7.12. The number of rotatable bonds is 14. The van der Waals surface area contributed by atoms with Crippen molar-refractivity contribution in [3.05, 3.63) is 11.4 Å². The molecule has 2 nitrogen and oxygen atoms in total. The van der Waals surface area contributed by atoms with Crippen LogP contribution in [0.25, 0.3) is 0 Å². The second kappa shape index (κ2) is 12.7. The van der Waals surface area contributed by atoms with Gasteiger partial charge in [0.15, 0.2) is 5.75 Å². The molecule has 2 atom stereocenters. The lowest BCUT2D eigenvalue weighted by molar-refractivity contribution is 0.173. The summed E-state index contributed by atoms with van der Waals surface area (Å²) in [5.41, 5.74) is 0. The van der Waals surface area contributed by atoms with Gasteiger partial charge in [0.25, 0.3) is 0 Å². The lowest BCUT2D eigenvalue weighted by Gasteiger charge is -2.18. The molecular formula is C20H36O2S. The number of ether oxygens (including phenoxy) is 2. The van der Waals surface area contributed by atoms with Crippen LogP contribution in [0.1, 0.15) is 91.9 Å². The van der Waals surface area contributed by atoms with Crippen LogP contribution in [-0.4, -0.2) is 12.2 Å². The fourth-order valence-corrected chi connectivity index (χ4v) is 3.46. The zero-order chi connectivity index (χ0) is 16.9. The summed E-state index contributed by atoms with van der Waals surface area (Å²) in [6.07, 6.45) is 13.2. The van der Waals surface area contributed by atoms with Crippen molar-refractivity contribution in [1.29, 1.82) is 0 Å². The Morgan fingerprint density at radius 2 is 1.39 bits per heavy atom. The lowest BCUT2D eigenvalue weighted by Crippen LogP contribution is -2.14. The summed E-state index contributed by atoms with van der Waals surface area (Å²) in [7, 11) is 0. The normalized spacial score (nSPS) is 13.7. The van der Waals surface area contributed by atoms with Gasteiger partial charge in [0.05, 0.1) is 12.2 Å². The van der Waals surface area contributed by atoms with Gasteiger partial charge in [-0.3, -0.25) is 0 Å². The van der Waals surface area contributed by atoms with Crippen LogP contribution in [0.5, 0.6) is 10.8 Å². The van der Waals surface area contributed by atoms with Crippen LogP contribution in [-0.2, 0) is 0 Å². The van der Waals surface area contributed by atoms with E-state index in [1.807, 2.05) is 6.07 Å². The summed E-state index contributed by atoms with van der Waals surface area (Å²) in [5, 5.41) is 3.02. The van der Waals surface area contributed by atoms with Crippen LogP contribution in [0, 0.1) is 0 Å². The highest BCUT2D eigenvalue weighted by Crippen LogP contribution is 2.36. The van der Waals surface area contributed by atoms with Crippen LogP contribution in [0.15, 0.2) is 11.4 Å². The predicted molar refractivity (Wildman–Crippen MR) is 102 cm³/mol. The second-order valence-corrected chi connectivity index (χ2v) is 7.51. The quantitative estimate of drug-likeness (QED) is 0.333. The predicted octanol–water partition coefficient (Wildman–Crippen LogP) is 7.22. The summed E-state index contributed by atoms with van der Waals surface area (Å²) in [5.74, 6) is 0.929. The van der Waals surface area contributed by atoms with Crippen LogP contribution < -0.4 is 9.47 Å². The van der Waals surface area contributed by atoms with Crippen LogP contribution in [0.3, 0.4) is 0 Å². The zero-order valence-electron chi connectivity index (χ0n) is 15.6. The Morgan fingerprint density at radius 1 is 0.826 bits per heavy atom. The molecule has 1 heterocycles. The number of hydrogen-bond donors (Lipinski definition) is 0. The molecule has 0 aliphatic rings. The Labute approximate surface area is 147 Å². The maximum atomic E-state index is 6.10. The minimum atomic E-state index is 0.267. The molecule has 0 aromatic carbocycles. The molecular weight excluding hydrogens is 304 g/mol. The molecule has 3 heteroatoms. The minimum Gasteiger partial charge on any atom is -0.486 e. The van der Waals surface area contributed by atoms with Gasteiger partial charge < -0.3 is 9.47 Å². The van der Waals surface area contributed by atoms with Gasteiger partial charge in [0.1, 0.15) is 0 Å². The summed E-state index contributed by atoms with van der Waals surface area (Å²) in [6, 6.07) is 2.05. The molecule has 0 aliphatic carbocycles. The molecule has 0 N–H and O–H groups in total.